The number of anilines is 1. The van der Waals surface area contributed by atoms with E-state index in [4.69, 9.17) is 4.74 Å². The van der Waals surface area contributed by atoms with Gasteiger partial charge in [-0.3, -0.25) is 19.6 Å². The number of nitrogens with one attached hydrogen (secondary N) is 2. The Labute approximate surface area is 203 Å². The molecule has 3 N–H and O–H groups in total. The number of nitrogens with zero attached hydrogens (tertiary/aromatic N) is 2. The van der Waals surface area contributed by atoms with Crippen molar-refractivity contribution in [2.24, 2.45) is 18.9 Å². The lowest BCUT2D eigenvalue weighted by Gasteiger charge is -2.17. The van der Waals surface area contributed by atoms with E-state index in [1.807, 2.05) is 36.4 Å². The van der Waals surface area contributed by atoms with Gasteiger partial charge in [0.05, 0.1) is 17.8 Å². The Hall–Kier alpha value is -4.14. The average molecular weight is 477 g/mol. The van der Waals surface area contributed by atoms with Crippen molar-refractivity contribution >= 4 is 23.7 Å². The summed E-state index contributed by atoms with van der Waals surface area (Å²) >= 11 is 0. The predicted octanol–water partition coefficient (Wildman–Crippen LogP) is 3.87. The van der Waals surface area contributed by atoms with Crippen molar-refractivity contribution in [2.75, 3.05) is 18.5 Å². The second-order valence-corrected chi connectivity index (χ2v) is 8.88. The number of benzene rings is 2. The van der Waals surface area contributed by atoms with Gasteiger partial charge in [0.1, 0.15) is 12.3 Å². The number of rotatable bonds is 8. The maximum atomic E-state index is 12.8. The Morgan fingerprint density at radius 2 is 1.66 bits per heavy atom. The van der Waals surface area contributed by atoms with Gasteiger partial charge in [-0.2, -0.15) is 5.10 Å². The van der Waals surface area contributed by atoms with Gasteiger partial charge in [-0.1, -0.05) is 62.4 Å². The number of carboxylic acid groups (broad SMARTS) is 1. The summed E-state index contributed by atoms with van der Waals surface area (Å²) in [5.74, 6) is -2.49. The normalized spacial score (nSPS) is 13.1. The Kier molecular flexibility index (Phi) is 6.86. The minimum absolute atomic E-state index is 0.0403. The molecular formula is C26H28N4O5. The van der Waals surface area contributed by atoms with E-state index in [0.29, 0.717) is 0 Å². The molecule has 0 radical (unpaired) electrons. The van der Waals surface area contributed by atoms with Crippen LogP contribution in [-0.2, 0) is 16.6 Å². The van der Waals surface area contributed by atoms with Crippen molar-refractivity contribution in [3.8, 4) is 11.1 Å². The van der Waals surface area contributed by atoms with Crippen molar-refractivity contribution in [2.45, 2.75) is 19.8 Å². The van der Waals surface area contributed by atoms with Gasteiger partial charge in [-0.15, -0.1) is 0 Å². The topological polar surface area (TPSA) is 123 Å². The van der Waals surface area contributed by atoms with Gasteiger partial charge < -0.3 is 15.2 Å². The molecule has 9 nitrogen and oxygen atoms in total. The van der Waals surface area contributed by atoms with Crippen molar-refractivity contribution in [1.82, 2.24) is 15.1 Å². The largest absolute Gasteiger partial charge is 0.481 e. The van der Waals surface area contributed by atoms with Gasteiger partial charge in [0.25, 0.3) is 5.91 Å². The molecule has 4 rings (SSSR count). The lowest BCUT2D eigenvalue weighted by molar-refractivity contribution is -0.142. The Bertz CT molecular complexity index is 1220. The third-order valence-corrected chi connectivity index (χ3v) is 6.34. The van der Waals surface area contributed by atoms with E-state index >= 15 is 0 Å². The number of amides is 2. The standard InChI is InChI=1S/C26H28N4O5/c1-15(2)20(25(32)33)12-27-24(31)23-22(13-28-30(23)3)29-26(34)35-14-21-18-10-6-4-8-16(18)17-9-5-7-11-19(17)21/h4-11,13,15,20-21H,12,14H2,1-3H3,(H,27,31)(H,29,34)(H,32,33). The van der Waals surface area contributed by atoms with Gasteiger partial charge in [-0.05, 0) is 28.2 Å². The molecule has 1 aliphatic rings. The number of fused-ring (bicyclic) bond motifs is 3. The van der Waals surface area contributed by atoms with E-state index in [-0.39, 0.29) is 36.4 Å². The van der Waals surface area contributed by atoms with Crippen molar-refractivity contribution in [1.29, 1.82) is 0 Å². The number of hydrogen-bond donors (Lipinski definition) is 3. The first-order valence-electron chi connectivity index (χ1n) is 11.4. The first-order valence-corrected chi connectivity index (χ1v) is 11.4. The summed E-state index contributed by atoms with van der Waals surface area (Å²) in [5, 5.41) is 18.6. The molecule has 35 heavy (non-hydrogen) atoms. The van der Waals surface area contributed by atoms with Crippen molar-refractivity contribution in [3.05, 3.63) is 71.5 Å². The van der Waals surface area contributed by atoms with Crippen LogP contribution in [0.3, 0.4) is 0 Å². The summed E-state index contributed by atoms with van der Waals surface area (Å²) in [6, 6.07) is 16.1. The number of carbonyl (C=O) groups is 3. The molecule has 0 spiro atoms. The Morgan fingerprint density at radius 3 is 2.23 bits per heavy atom. The van der Waals surface area contributed by atoms with Crippen LogP contribution in [0.1, 0.15) is 41.4 Å². The summed E-state index contributed by atoms with van der Waals surface area (Å²) in [4.78, 5) is 36.8. The first-order chi connectivity index (χ1) is 16.8. The zero-order valence-electron chi connectivity index (χ0n) is 19.8. The van der Waals surface area contributed by atoms with Gasteiger partial charge in [0.2, 0.25) is 0 Å². The third kappa shape index (κ3) is 4.89. The third-order valence-electron chi connectivity index (χ3n) is 6.34. The maximum Gasteiger partial charge on any atom is 0.411 e. The minimum Gasteiger partial charge on any atom is -0.481 e. The fourth-order valence-corrected chi connectivity index (χ4v) is 4.44. The van der Waals surface area contributed by atoms with E-state index in [1.165, 1.54) is 10.9 Å². The molecule has 182 valence electrons. The van der Waals surface area contributed by atoms with Gasteiger partial charge >= 0.3 is 12.1 Å². The minimum atomic E-state index is -0.984. The quantitative estimate of drug-likeness (QED) is 0.454. The SMILES string of the molecule is CC(C)C(CNC(=O)c1c(NC(=O)OCC2c3ccccc3-c3ccccc32)cnn1C)C(=O)O. The monoisotopic (exact) mass is 476 g/mol. The van der Waals surface area contributed by atoms with Crippen LogP contribution in [-0.4, -0.2) is 46.0 Å². The fourth-order valence-electron chi connectivity index (χ4n) is 4.44. The number of carbonyl (C=O) groups excluding carboxylic acids is 2. The molecule has 0 saturated carbocycles. The number of carboxylic acids is 1. The molecule has 2 amide bonds. The molecule has 0 bridgehead atoms. The van der Waals surface area contributed by atoms with Crippen LogP contribution in [0.15, 0.2) is 54.7 Å². The molecule has 1 aliphatic carbocycles. The molecule has 0 aliphatic heterocycles. The molecule has 3 aromatic rings. The smallest absolute Gasteiger partial charge is 0.411 e. The molecule has 1 aromatic heterocycles. The molecule has 0 fully saturated rings. The number of hydrogen-bond acceptors (Lipinski definition) is 5. The second-order valence-electron chi connectivity index (χ2n) is 8.88. The van der Waals surface area contributed by atoms with E-state index in [0.717, 1.165) is 22.3 Å². The summed E-state index contributed by atoms with van der Waals surface area (Å²) in [5.41, 5.74) is 4.74. The van der Waals surface area contributed by atoms with Crippen LogP contribution in [0.2, 0.25) is 0 Å². The molecule has 1 unspecified atom stereocenters. The van der Waals surface area contributed by atoms with E-state index in [1.54, 1.807) is 20.9 Å². The van der Waals surface area contributed by atoms with E-state index in [9.17, 15) is 19.5 Å². The molecule has 9 heteroatoms. The summed E-state index contributed by atoms with van der Waals surface area (Å²) in [6.07, 6.45) is 0.646. The Balaban J connectivity index is 1.42. The van der Waals surface area contributed by atoms with Crippen LogP contribution in [0, 0.1) is 11.8 Å². The summed E-state index contributed by atoms with van der Waals surface area (Å²) in [6.45, 7) is 3.65. The molecule has 0 saturated heterocycles. The van der Waals surface area contributed by atoms with Gasteiger partial charge in [0, 0.05) is 19.5 Å². The fraction of sp³-hybridized carbons (Fsp3) is 0.308. The highest BCUT2D eigenvalue weighted by Gasteiger charge is 2.29. The second kappa shape index (κ2) is 10.0. The summed E-state index contributed by atoms with van der Waals surface area (Å²) in [7, 11) is 1.56. The van der Waals surface area contributed by atoms with Crippen LogP contribution >= 0.6 is 0 Å². The predicted molar refractivity (Wildman–Crippen MR) is 130 cm³/mol. The molecular weight excluding hydrogens is 448 g/mol. The number of ether oxygens (including phenoxy) is 1. The number of aryl methyl sites for hydroxylation is 1. The van der Waals surface area contributed by atoms with E-state index in [2.05, 4.69) is 27.9 Å². The lowest BCUT2D eigenvalue weighted by Crippen LogP contribution is -2.36. The van der Waals surface area contributed by atoms with Gasteiger partial charge in [-0.25, -0.2) is 4.79 Å². The van der Waals surface area contributed by atoms with Crippen LogP contribution < -0.4 is 10.6 Å². The van der Waals surface area contributed by atoms with Crippen molar-refractivity contribution < 1.29 is 24.2 Å². The molecule has 1 atom stereocenters. The van der Waals surface area contributed by atoms with E-state index < -0.39 is 23.9 Å². The highest BCUT2D eigenvalue weighted by Crippen LogP contribution is 2.44. The van der Waals surface area contributed by atoms with Crippen LogP contribution in [0.25, 0.3) is 11.1 Å². The lowest BCUT2D eigenvalue weighted by atomic mass is 9.96. The molecule has 1 heterocycles. The zero-order valence-corrected chi connectivity index (χ0v) is 19.8. The average Bonchev–Trinajstić information content (AvgIpc) is 3.34. The highest BCUT2D eigenvalue weighted by atomic mass is 16.5. The number of aromatic nitrogens is 2. The van der Waals surface area contributed by atoms with Crippen molar-refractivity contribution in [3.63, 3.8) is 0 Å². The Morgan fingerprint density at radius 1 is 1.06 bits per heavy atom. The van der Waals surface area contributed by atoms with Crippen LogP contribution in [0.4, 0.5) is 10.5 Å². The summed E-state index contributed by atoms with van der Waals surface area (Å²) < 4.78 is 6.87. The highest BCUT2D eigenvalue weighted by molar-refractivity contribution is 6.01. The first kappa shape index (κ1) is 24.0. The number of aliphatic carboxylic acids is 1. The van der Waals surface area contributed by atoms with Gasteiger partial charge in [0.15, 0.2) is 0 Å². The maximum absolute atomic E-state index is 12.8. The zero-order chi connectivity index (χ0) is 25.1. The van der Waals surface area contributed by atoms with Crippen LogP contribution in [0.5, 0.6) is 0 Å². The molecule has 2 aromatic carbocycles.